The molecule has 66 valence electrons. The number of rotatable bonds is 1. The van der Waals surface area contributed by atoms with Crippen LogP contribution in [0.2, 0.25) is 0 Å². The van der Waals surface area contributed by atoms with Crippen molar-refractivity contribution in [1.82, 2.24) is 10.2 Å². The Morgan fingerprint density at radius 3 is 2.83 bits per heavy atom. The topological polar surface area (TPSA) is 24.5 Å². The Kier molecular flexibility index (Phi) is 2.32. The molecule has 0 unspecified atom stereocenters. The summed E-state index contributed by atoms with van der Waals surface area (Å²) in [6.45, 7) is 5.11. The molecule has 1 N–H and O–H groups in total. The van der Waals surface area contributed by atoms with Crippen LogP contribution in [0.5, 0.6) is 0 Å². The van der Waals surface area contributed by atoms with Crippen LogP contribution in [0.25, 0.3) is 0 Å². The molecule has 2 aliphatic heterocycles. The van der Waals surface area contributed by atoms with E-state index < -0.39 is 0 Å². The smallest absolute Gasteiger partial charge is 0.108 e. The van der Waals surface area contributed by atoms with Crippen LogP contribution in [-0.4, -0.2) is 37.7 Å². The van der Waals surface area contributed by atoms with Crippen molar-refractivity contribution in [2.24, 2.45) is 0 Å². The second-order valence-corrected chi connectivity index (χ2v) is 3.00. The number of hydrogen-bond acceptors (Lipinski definition) is 3. The zero-order chi connectivity index (χ0) is 8.23. The number of nitrogens with zero attached hydrogens (tertiary/aromatic N) is 1. The summed E-state index contributed by atoms with van der Waals surface area (Å²) in [7, 11) is 0. The molecule has 3 heteroatoms. The van der Waals surface area contributed by atoms with Crippen molar-refractivity contribution >= 4 is 0 Å². The van der Waals surface area contributed by atoms with Crippen LogP contribution >= 0.6 is 0 Å². The Morgan fingerprint density at radius 2 is 2.17 bits per heavy atom. The van der Waals surface area contributed by atoms with Gasteiger partial charge in [-0.2, -0.15) is 0 Å². The monoisotopic (exact) mass is 166 g/mol. The molecule has 2 heterocycles. The van der Waals surface area contributed by atoms with Gasteiger partial charge in [0.2, 0.25) is 0 Å². The number of allylic oxidation sites excluding steroid dienone is 1. The highest BCUT2D eigenvalue weighted by Crippen LogP contribution is 2.10. The summed E-state index contributed by atoms with van der Waals surface area (Å²) < 4.78 is 5.09. The maximum absolute atomic E-state index is 5.09. The van der Waals surface area contributed by atoms with Crippen LogP contribution in [-0.2, 0) is 4.74 Å². The van der Waals surface area contributed by atoms with Gasteiger partial charge in [-0.3, -0.25) is 0 Å². The van der Waals surface area contributed by atoms with Crippen molar-refractivity contribution in [3.63, 3.8) is 0 Å². The molecular formula is C9H14N2O. The summed E-state index contributed by atoms with van der Waals surface area (Å²) in [4.78, 5) is 2.38. The summed E-state index contributed by atoms with van der Waals surface area (Å²) in [5.74, 6) is 0. The maximum Gasteiger partial charge on any atom is 0.108 e. The lowest BCUT2D eigenvalue weighted by Gasteiger charge is -2.31. The molecule has 0 amide bonds. The Morgan fingerprint density at radius 1 is 1.33 bits per heavy atom. The largest absolute Gasteiger partial charge is 0.497 e. The third-order valence-electron chi connectivity index (χ3n) is 2.21. The van der Waals surface area contributed by atoms with Crippen LogP contribution in [0.4, 0.5) is 0 Å². The van der Waals surface area contributed by atoms with Gasteiger partial charge in [-0.05, 0) is 12.2 Å². The molecule has 0 saturated carbocycles. The van der Waals surface area contributed by atoms with E-state index in [0.717, 1.165) is 32.8 Å². The lowest BCUT2D eigenvalue weighted by molar-refractivity contribution is 0.260. The fraction of sp³-hybridized carbons (Fsp3) is 0.556. The van der Waals surface area contributed by atoms with Crippen molar-refractivity contribution in [3.05, 3.63) is 24.1 Å². The first kappa shape index (κ1) is 7.68. The van der Waals surface area contributed by atoms with E-state index in [2.05, 4.69) is 16.3 Å². The van der Waals surface area contributed by atoms with Gasteiger partial charge in [0.25, 0.3) is 0 Å². The quantitative estimate of drug-likeness (QED) is 0.607. The molecule has 0 spiro atoms. The molecule has 1 saturated heterocycles. The average Bonchev–Trinajstić information content (AvgIpc) is 2.21. The van der Waals surface area contributed by atoms with E-state index in [1.807, 2.05) is 6.08 Å². The van der Waals surface area contributed by atoms with Gasteiger partial charge in [-0.1, -0.05) is 0 Å². The first-order valence-electron chi connectivity index (χ1n) is 4.41. The van der Waals surface area contributed by atoms with Gasteiger partial charge >= 0.3 is 0 Å². The zero-order valence-electron chi connectivity index (χ0n) is 7.12. The van der Waals surface area contributed by atoms with Crippen LogP contribution in [0.15, 0.2) is 24.1 Å². The van der Waals surface area contributed by atoms with E-state index in [1.165, 1.54) is 5.70 Å². The van der Waals surface area contributed by atoms with Crippen LogP contribution in [0.3, 0.4) is 0 Å². The molecule has 0 atom stereocenters. The zero-order valence-corrected chi connectivity index (χ0v) is 7.12. The van der Waals surface area contributed by atoms with Gasteiger partial charge in [0.15, 0.2) is 0 Å². The van der Waals surface area contributed by atoms with Crippen LogP contribution < -0.4 is 5.32 Å². The van der Waals surface area contributed by atoms with E-state index in [4.69, 9.17) is 4.74 Å². The minimum Gasteiger partial charge on any atom is -0.497 e. The van der Waals surface area contributed by atoms with E-state index in [-0.39, 0.29) is 0 Å². The number of ether oxygens (including phenoxy) is 1. The molecule has 0 radical (unpaired) electrons. The minimum atomic E-state index is 0.718. The Labute approximate surface area is 72.7 Å². The van der Waals surface area contributed by atoms with Gasteiger partial charge in [0.05, 0.1) is 6.26 Å². The second-order valence-electron chi connectivity index (χ2n) is 3.00. The van der Waals surface area contributed by atoms with Crippen molar-refractivity contribution in [3.8, 4) is 0 Å². The SMILES string of the molecule is C1=CC(N2CCNCC2)=CCO1. The number of piperazine rings is 1. The first-order chi connectivity index (χ1) is 5.97. The van der Waals surface area contributed by atoms with E-state index in [1.54, 1.807) is 6.26 Å². The molecule has 0 aromatic rings. The summed E-state index contributed by atoms with van der Waals surface area (Å²) >= 11 is 0. The molecule has 0 aliphatic carbocycles. The molecule has 2 aliphatic rings. The minimum absolute atomic E-state index is 0.718. The molecule has 3 nitrogen and oxygen atoms in total. The van der Waals surface area contributed by atoms with Crippen LogP contribution in [0, 0.1) is 0 Å². The van der Waals surface area contributed by atoms with Crippen molar-refractivity contribution < 1.29 is 4.74 Å². The van der Waals surface area contributed by atoms with Gasteiger partial charge < -0.3 is 15.0 Å². The van der Waals surface area contributed by atoms with Crippen molar-refractivity contribution in [2.75, 3.05) is 32.8 Å². The molecular weight excluding hydrogens is 152 g/mol. The molecule has 0 aromatic carbocycles. The molecule has 0 bridgehead atoms. The lowest BCUT2D eigenvalue weighted by atomic mass is 10.2. The predicted molar refractivity (Wildman–Crippen MR) is 47.6 cm³/mol. The van der Waals surface area contributed by atoms with E-state index >= 15 is 0 Å². The summed E-state index contributed by atoms with van der Waals surface area (Å²) in [5, 5.41) is 3.33. The molecule has 0 aromatic heterocycles. The molecule has 12 heavy (non-hydrogen) atoms. The number of hydrogen-bond donors (Lipinski definition) is 1. The summed E-state index contributed by atoms with van der Waals surface area (Å²) in [6, 6.07) is 0. The third kappa shape index (κ3) is 1.61. The summed E-state index contributed by atoms with van der Waals surface area (Å²) in [5.41, 5.74) is 1.31. The standard InChI is InChI=1S/C9H14N2O/c1-7-12-8-2-9(1)11-5-3-10-4-6-11/h1-2,7,10H,3-6,8H2. The van der Waals surface area contributed by atoms with Gasteiger partial charge in [-0.25, -0.2) is 0 Å². The van der Waals surface area contributed by atoms with Gasteiger partial charge in [0, 0.05) is 31.9 Å². The van der Waals surface area contributed by atoms with E-state index in [0.29, 0.717) is 0 Å². The third-order valence-corrected chi connectivity index (χ3v) is 2.21. The fourth-order valence-corrected chi connectivity index (χ4v) is 1.53. The first-order valence-corrected chi connectivity index (χ1v) is 4.41. The normalized spacial score (nSPS) is 23.3. The second kappa shape index (κ2) is 3.63. The van der Waals surface area contributed by atoms with Crippen molar-refractivity contribution in [2.45, 2.75) is 0 Å². The predicted octanol–water partition coefficient (Wildman–Crippen LogP) is 0.319. The summed E-state index contributed by atoms with van der Waals surface area (Å²) in [6.07, 6.45) is 5.94. The van der Waals surface area contributed by atoms with Gasteiger partial charge in [-0.15, -0.1) is 0 Å². The van der Waals surface area contributed by atoms with Crippen LogP contribution in [0.1, 0.15) is 0 Å². The maximum atomic E-state index is 5.09. The highest BCUT2D eigenvalue weighted by atomic mass is 16.5. The fourth-order valence-electron chi connectivity index (χ4n) is 1.53. The Balaban J connectivity index is 1.97. The average molecular weight is 166 g/mol. The van der Waals surface area contributed by atoms with Gasteiger partial charge in [0.1, 0.15) is 6.61 Å². The van der Waals surface area contributed by atoms with E-state index in [9.17, 15) is 0 Å². The van der Waals surface area contributed by atoms with Crippen molar-refractivity contribution in [1.29, 1.82) is 0 Å². The molecule has 2 rings (SSSR count). The highest BCUT2D eigenvalue weighted by Gasteiger charge is 2.11. The lowest BCUT2D eigenvalue weighted by Crippen LogP contribution is -2.42. The Bertz CT molecular complexity index is 205. The molecule has 1 fully saturated rings. The highest BCUT2D eigenvalue weighted by molar-refractivity contribution is 5.19. The number of nitrogens with one attached hydrogen (secondary N) is 1. The Hall–Kier alpha value is -0.960.